The summed E-state index contributed by atoms with van der Waals surface area (Å²) in [5.74, 6) is -2.26. The maximum absolute atomic E-state index is 13.5. The first kappa shape index (κ1) is 21.3. The number of carbonyl (C=O) groups is 2. The zero-order valence-corrected chi connectivity index (χ0v) is 16.1. The minimum absolute atomic E-state index is 0.214. The molecule has 12 heteroatoms. The molecule has 0 fully saturated rings. The van der Waals surface area contributed by atoms with Crippen molar-refractivity contribution in [2.75, 3.05) is 0 Å². The summed E-state index contributed by atoms with van der Waals surface area (Å²) < 4.78 is 43.0. The molecule has 0 spiro atoms. The highest BCUT2D eigenvalue weighted by Gasteiger charge is 2.58. The Morgan fingerprint density at radius 2 is 1.80 bits per heavy atom. The number of hydrazine groups is 1. The van der Waals surface area contributed by atoms with Gasteiger partial charge in [0.05, 0.1) is 23.9 Å². The van der Waals surface area contributed by atoms with E-state index in [9.17, 15) is 27.9 Å². The van der Waals surface area contributed by atoms with Crippen LogP contribution in [0.15, 0.2) is 36.7 Å². The summed E-state index contributed by atoms with van der Waals surface area (Å²) >= 11 is 0. The number of aliphatic hydroxyl groups is 1. The van der Waals surface area contributed by atoms with Crippen LogP contribution < -0.4 is 10.9 Å². The monoisotopic (exact) mass is 424 g/mol. The first-order chi connectivity index (χ1) is 14.0. The van der Waals surface area contributed by atoms with Gasteiger partial charge >= 0.3 is 6.18 Å². The molecule has 0 saturated heterocycles. The minimum Gasteiger partial charge on any atom is -0.374 e. The van der Waals surface area contributed by atoms with Crippen LogP contribution in [0.1, 0.15) is 18.1 Å². The number of nitrogens with one attached hydrogen (secondary N) is 2. The van der Waals surface area contributed by atoms with Crippen molar-refractivity contribution in [2.45, 2.75) is 24.6 Å². The van der Waals surface area contributed by atoms with Crippen molar-refractivity contribution in [1.82, 2.24) is 30.0 Å². The molecule has 1 atom stereocenters. The summed E-state index contributed by atoms with van der Waals surface area (Å²) in [4.78, 5) is 32.0. The Bertz CT molecular complexity index is 1090. The van der Waals surface area contributed by atoms with Crippen LogP contribution in [0.25, 0.3) is 11.0 Å². The van der Waals surface area contributed by atoms with Crippen molar-refractivity contribution >= 4 is 22.8 Å². The van der Waals surface area contributed by atoms with E-state index in [1.165, 1.54) is 13.2 Å². The molecular formula is C18H19F3N6O3. The van der Waals surface area contributed by atoms with E-state index in [2.05, 4.69) is 9.97 Å². The van der Waals surface area contributed by atoms with Crippen LogP contribution in [0.3, 0.4) is 0 Å². The topological polar surface area (TPSA) is 114 Å². The highest BCUT2D eigenvalue weighted by atomic mass is 19.4. The summed E-state index contributed by atoms with van der Waals surface area (Å²) in [5, 5.41) is 10.2. The number of hydrogen-bond donors (Lipinski definition) is 3. The van der Waals surface area contributed by atoms with Crippen molar-refractivity contribution < 1.29 is 27.9 Å². The molecule has 30 heavy (non-hydrogen) atoms. The number of carbonyl (C=O) groups excluding carboxylic acids is 2. The third kappa shape index (κ3) is 3.99. The molecule has 0 aliphatic carbocycles. The summed E-state index contributed by atoms with van der Waals surface area (Å²) in [7, 11) is 2.97. The molecule has 0 aliphatic rings. The fourth-order valence-electron chi connectivity index (χ4n) is 3.03. The molecule has 2 aromatic heterocycles. The van der Waals surface area contributed by atoms with Crippen molar-refractivity contribution in [2.24, 2.45) is 14.1 Å². The second kappa shape index (κ2) is 7.78. The zero-order chi connectivity index (χ0) is 22.1. The number of aryl methyl sites for hydroxylation is 2. The minimum atomic E-state index is -5.17. The van der Waals surface area contributed by atoms with Gasteiger partial charge in [0, 0.05) is 26.5 Å². The fourth-order valence-corrected chi connectivity index (χ4v) is 3.03. The Kier molecular flexibility index (Phi) is 5.53. The van der Waals surface area contributed by atoms with Crippen molar-refractivity contribution in [3.8, 4) is 0 Å². The Hall–Kier alpha value is -3.41. The molecule has 0 radical (unpaired) electrons. The molecule has 0 saturated carbocycles. The quantitative estimate of drug-likeness (QED) is 0.525. The lowest BCUT2D eigenvalue weighted by atomic mass is 9.97. The SMILES string of the molecule is Cn1ccnc1[C@@](O)(CC(=O)NNC(=O)Cc1nc2ccccc2n1C)C(F)(F)F. The van der Waals surface area contributed by atoms with E-state index in [0.717, 1.165) is 16.3 Å². The van der Waals surface area contributed by atoms with Crippen molar-refractivity contribution in [3.05, 3.63) is 48.3 Å². The van der Waals surface area contributed by atoms with Crippen LogP contribution in [-0.2, 0) is 35.7 Å². The maximum atomic E-state index is 13.5. The van der Waals surface area contributed by atoms with Crippen LogP contribution in [0.5, 0.6) is 0 Å². The third-order valence-electron chi connectivity index (χ3n) is 4.62. The largest absolute Gasteiger partial charge is 0.425 e. The van der Waals surface area contributed by atoms with Gasteiger partial charge in [0.2, 0.25) is 17.4 Å². The van der Waals surface area contributed by atoms with Gasteiger partial charge in [-0.2, -0.15) is 13.2 Å². The van der Waals surface area contributed by atoms with Crippen LogP contribution in [0.4, 0.5) is 13.2 Å². The average Bonchev–Trinajstić information content (AvgIpc) is 3.23. The van der Waals surface area contributed by atoms with Crippen molar-refractivity contribution in [3.63, 3.8) is 0 Å². The molecule has 2 heterocycles. The molecule has 3 aromatic rings. The summed E-state index contributed by atoms with van der Waals surface area (Å²) in [5.41, 5.74) is 1.89. The number of fused-ring (bicyclic) bond motifs is 1. The molecule has 160 valence electrons. The Balaban J connectivity index is 1.65. The van der Waals surface area contributed by atoms with E-state index in [0.29, 0.717) is 11.3 Å². The van der Waals surface area contributed by atoms with E-state index in [4.69, 9.17) is 0 Å². The predicted molar refractivity (Wildman–Crippen MR) is 98.5 cm³/mol. The molecule has 3 N–H and O–H groups in total. The smallest absolute Gasteiger partial charge is 0.374 e. The number of alkyl halides is 3. The van der Waals surface area contributed by atoms with Gasteiger partial charge in [-0.3, -0.25) is 20.4 Å². The van der Waals surface area contributed by atoms with E-state index in [1.54, 1.807) is 23.7 Å². The van der Waals surface area contributed by atoms with Gasteiger partial charge < -0.3 is 14.2 Å². The summed E-state index contributed by atoms with van der Waals surface area (Å²) in [6.07, 6.45) is -4.48. The Labute approximate surface area is 168 Å². The highest BCUT2D eigenvalue weighted by Crippen LogP contribution is 2.40. The number of rotatable bonds is 5. The van der Waals surface area contributed by atoms with Crippen molar-refractivity contribution in [1.29, 1.82) is 0 Å². The number of benzene rings is 1. The molecule has 2 amide bonds. The summed E-state index contributed by atoms with van der Waals surface area (Å²) in [6.45, 7) is 0. The standard InChI is InChI=1S/C18H19F3N6O3/c1-26-8-7-22-16(26)17(30,18(19,20)21)10-15(29)25-24-14(28)9-13-23-11-5-3-4-6-12(11)27(13)2/h3-8,30H,9-10H2,1-2H3,(H,24,28)(H,25,29)/t17-/m0/s1. The molecule has 0 bridgehead atoms. The molecule has 0 unspecified atom stereocenters. The molecule has 1 aromatic carbocycles. The molecular weight excluding hydrogens is 405 g/mol. The lowest BCUT2D eigenvalue weighted by molar-refractivity contribution is -0.271. The maximum Gasteiger partial charge on any atom is 0.425 e. The summed E-state index contributed by atoms with van der Waals surface area (Å²) in [6, 6.07) is 7.20. The number of hydrogen-bond acceptors (Lipinski definition) is 5. The first-order valence-electron chi connectivity index (χ1n) is 8.78. The van der Waals surface area contributed by atoms with Gasteiger partial charge in [-0.1, -0.05) is 12.1 Å². The van der Waals surface area contributed by atoms with E-state index < -0.39 is 35.8 Å². The lowest BCUT2D eigenvalue weighted by Crippen LogP contribution is -2.50. The first-order valence-corrected chi connectivity index (χ1v) is 8.78. The third-order valence-corrected chi connectivity index (χ3v) is 4.62. The second-order valence-electron chi connectivity index (χ2n) is 6.75. The Morgan fingerprint density at radius 1 is 1.13 bits per heavy atom. The number of aromatic nitrogens is 4. The number of imidazole rings is 2. The van der Waals surface area contributed by atoms with Gasteiger partial charge in [-0.05, 0) is 12.1 Å². The number of amides is 2. The van der Waals surface area contributed by atoms with Gasteiger partial charge in [0.1, 0.15) is 5.82 Å². The second-order valence-corrected chi connectivity index (χ2v) is 6.75. The fraction of sp³-hybridized carbons (Fsp3) is 0.333. The van der Waals surface area contributed by atoms with Crippen LogP contribution in [0.2, 0.25) is 0 Å². The van der Waals surface area contributed by atoms with Crippen LogP contribution in [0, 0.1) is 0 Å². The van der Waals surface area contributed by atoms with E-state index in [1.807, 2.05) is 23.0 Å². The van der Waals surface area contributed by atoms with Gasteiger partial charge in [-0.25, -0.2) is 9.97 Å². The lowest BCUT2D eigenvalue weighted by Gasteiger charge is -2.29. The zero-order valence-electron chi connectivity index (χ0n) is 16.1. The average molecular weight is 424 g/mol. The van der Waals surface area contributed by atoms with Gasteiger partial charge in [0.15, 0.2) is 5.82 Å². The normalized spacial score (nSPS) is 13.8. The molecule has 3 rings (SSSR count). The Morgan fingerprint density at radius 3 is 2.40 bits per heavy atom. The highest BCUT2D eigenvalue weighted by molar-refractivity contribution is 5.84. The predicted octanol–water partition coefficient (Wildman–Crippen LogP) is 0.837. The van der Waals surface area contributed by atoms with Crippen LogP contribution in [-0.4, -0.2) is 42.2 Å². The number of halogens is 3. The number of nitrogens with zero attached hydrogens (tertiary/aromatic N) is 4. The molecule has 9 nitrogen and oxygen atoms in total. The van der Waals surface area contributed by atoms with Gasteiger partial charge in [0.25, 0.3) is 0 Å². The number of para-hydroxylation sites is 2. The molecule has 0 aliphatic heterocycles. The van der Waals surface area contributed by atoms with E-state index in [-0.39, 0.29) is 6.42 Å². The van der Waals surface area contributed by atoms with E-state index >= 15 is 0 Å². The van der Waals surface area contributed by atoms with Crippen LogP contribution >= 0.6 is 0 Å². The van der Waals surface area contributed by atoms with Gasteiger partial charge in [-0.15, -0.1) is 0 Å².